The van der Waals surface area contributed by atoms with Crippen molar-refractivity contribution in [1.82, 2.24) is 15.0 Å². The smallest absolute Gasteiger partial charge is 0.408 e. The number of alkyl carbamates (subject to hydrolysis) is 1. The van der Waals surface area contributed by atoms with Gasteiger partial charge in [-0.15, -0.1) is 0 Å². The Morgan fingerprint density at radius 2 is 1.94 bits per heavy atom. The summed E-state index contributed by atoms with van der Waals surface area (Å²) in [6.45, 7) is 4.18. The van der Waals surface area contributed by atoms with E-state index in [4.69, 9.17) is 17.0 Å². The van der Waals surface area contributed by atoms with E-state index in [2.05, 4.69) is 15.6 Å². The van der Waals surface area contributed by atoms with Crippen molar-refractivity contribution < 1.29 is 31.8 Å². The van der Waals surface area contributed by atoms with Crippen molar-refractivity contribution in [3.8, 4) is 0 Å². The van der Waals surface area contributed by atoms with Crippen LogP contribution in [-0.4, -0.2) is 55.4 Å². The number of amides is 1. The molecule has 1 saturated carbocycles. The SMILES string of the molecule is CC(C)(C)OC(=O)N[C@@H](C1CCCCC1)[C@H](O)Nc1cc(=S)c(S(=O)(=O)NCC(F)F)c[nH]1. The number of pyridine rings is 1. The van der Waals surface area contributed by atoms with Crippen LogP contribution in [-0.2, 0) is 14.8 Å². The summed E-state index contributed by atoms with van der Waals surface area (Å²) in [6, 6.07) is 0.596. The molecule has 1 aliphatic carbocycles. The first-order valence-electron chi connectivity index (χ1n) is 10.7. The third kappa shape index (κ3) is 8.80. The highest BCUT2D eigenvalue weighted by Crippen LogP contribution is 2.28. The number of aliphatic hydroxyl groups excluding tert-OH is 1. The monoisotopic (exact) mass is 510 g/mol. The summed E-state index contributed by atoms with van der Waals surface area (Å²) < 4.78 is 56.1. The van der Waals surface area contributed by atoms with Gasteiger partial charge >= 0.3 is 6.09 Å². The molecule has 1 aliphatic rings. The summed E-state index contributed by atoms with van der Waals surface area (Å²) in [4.78, 5) is 14.7. The Morgan fingerprint density at radius 3 is 2.48 bits per heavy atom. The average Bonchev–Trinajstić information content (AvgIpc) is 2.69. The zero-order valence-electron chi connectivity index (χ0n) is 18.9. The van der Waals surface area contributed by atoms with Gasteiger partial charge in [0.25, 0.3) is 6.43 Å². The minimum Gasteiger partial charge on any atom is -0.444 e. The number of alkyl halides is 2. The number of nitrogens with one attached hydrogen (secondary N) is 4. The molecule has 0 unspecified atom stereocenters. The highest BCUT2D eigenvalue weighted by molar-refractivity contribution is 7.89. The second-order valence-corrected chi connectivity index (χ2v) is 11.2. The lowest BCUT2D eigenvalue weighted by atomic mass is 9.83. The van der Waals surface area contributed by atoms with Gasteiger partial charge in [0.15, 0.2) is 0 Å². The van der Waals surface area contributed by atoms with E-state index < -0.39 is 47.0 Å². The number of aromatic nitrogens is 1. The van der Waals surface area contributed by atoms with E-state index in [1.807, 2.05) is 0 Å². The number of anilines is 1. The Kier molecular flexibility index (Phi) is 9.58. The molecule has 1 heterocycles. The molecular formula is C20H32F2N4O5S2. The van der Waals surface area contributed by atoms with Crippen LogP contribution in [0.5, 0.6) is 0 Å². The van der Waals surface area contributed by atoms with Crippen LogP contribution in [0.3, 0.4) is 0 Å². The maximum Gasteiger partial charge on any atom is 0.408 e. The van der Waals surface area contributed by atoms with Crippen molar-refractivity contribution in [2.75, 3.05) is 11.9 Å². The van der Waals surface area contributed by atoms with E-state index in [9.17, 15) is 27.1 Å². The van der Waals surface area contributed by atoms with Crippen LogP contribution in [0.2, 0.25) is 0 Å². The number of rotatable bonds is 9. The number of sulfonamides is 1. The minimum atomic E-state index is -4.23. The summed E-state index contributed by atoms with van der Waals surface area (Å²) in [5.74, 6) is 0.210. The highest BCUT2D eigenvalue weighted by atomic mass is 32.2. The lowest BCUT2D eigenvalue weighted by Crippen LogP contribution is -2.52. The molecule has 0 aromatic carbocycles. The van der Waals surface area contributed by atoms with E-state index in [0.29, 0.717) is 0 Å². The minimum absolute atomic E-state index is 0.00920. The van der Waals surface area contributed by atoms with Crippen molar-refractivity contribution in [2.45, 2.75) is 82.1 Å². The highest BCUT2D eigenvalue weighted by Gasteiger charge is 2.32. The zero-order chi connectivity index (χ0) is 24.8. The standard InChI is InChI=1S/C20H32F2N4O5S2/c1-20(2,3)31-19(28)26-17(12-7-5-4-6-8-12)18(27)25-16-9-13(32)14(10-23-16)33(29,30)24-11-15(21)22/h9-10,12,15,17-18,24,27H,4-8,11H2,1-3H3,(H,26,28)(H2,23,25,32)/t17-,18-/m0/s1. The van der Waals surface area contributed by atoms with E-state index >= 15 is 0 Å². The number of hydrogen-bond donors (Lipinski definition) is 5. The van der Waals surface area contributed by atoms with E-state index in [0.717, 1.165) is 38.3 Å². The molecule has 0 radical (unpaired) electrons. The van der Waals surface area contributed by atoms with Crippen LogP contribution in [0.1, 0.15) is 52.9 Å². The lowest BCUT2D eigenvalue weighted by molar-refractivity contribution is 0.0366. The van der Waals surface area contributed by atoms with E-state index in [1.165, 1.54) is 6.07 Å². The molecule has 0 aliphatic heterocycles. The predicted molar refractivity (Wildman–Crippen MR) is 122 cm³/mol. The molecular weight excluding hydrogens is 478 g/mol. The number of halogens is 2. The van der Waals surface area contributed by atoms with Gasteiger partial charge in [0.05, 0.1) is 17.1 Å². The normalized spacial score (nSPS) is 17.4. The van der Waals surface area contributed by atoms with E-state index in [1.54, 1.807) is 25.5 Å². The number of hydrogen-bond acceptors (Lipinski definition) is 7. The van der Waals surface area contributed by atoms with Crippen molar-refractivity contribution in [2.24, 2.45) is 5.92 Å². The summed E-state index contributed by atoms with van der Waals surface area (Å²) in [5, 5.41) is 16.4. The van der Waals surface area contributed by atoms with Crippen molar-refractivity contribution in [3.05, 3.63) is 16.8 Å². The van der Waals surface area contributed by atoms with Gasteiger partial charge in [-0.25, -0.2) is 26.7 Å². The topological polar surface area (TPSA) is 133 Å². The van der Waals surface area contributed by atoms with Gasteiger partial charge in [-0.3, -0.25) is 0 Å². The Labute approximate surface area is 197 Å². The van der Waals surface area contributed by atoms with Gasteiger partial charge in [-0.05, 0) is 45.6 Å². The fourth-order valence-electron chi connectivity index (χ4n) is 3.64. The maximum absolute atomic E-state index is 12.4. The molecule has 1 aromatic rings. The van der Waals surface area contributed by atoms with Gasteiger partial charge in [-0.2, -0.15) is 0 Å². The second-order valence-electron chi connectivity index (χ2n) is 8.98. The summed E-state index contributed by atoms with van der Waals surface area (Å²) >= 11 is 5.10. The summed E-state index contributed by atoms with van der Waals surface area (Å²) in [5.41, 5.74) is -0.704. The van der Waals surface area contributed by atoms with Crippen LogP contribution < -0.4 is 15.4 Å². The lowest BCUT2D eigenvalue weighted by Gasteiger charge is -2.35. The largest absolute Gasteiger partial charge is 0.444 e. The van der Waals surface area contributed by atoms with Crippen molar-refractivity contribution >= 4 is 34.2 Å². The molecule has 2 atom stereocenters. The number of ether oxygens (including phenoxy) is 1. The zero-order valence-corrected chi connectivity index (χ0v) is 20.5. The third-order valence-corrected chi connectivity index (χ3v) is 7.01. The van der Waals surface area contributed by atoms with Gasteiger partial charge in [-0.1, -0.05) is 31.5 Å². The molecule has 0 bridgehead atoms. The molecule has 0 saturated heterocycles. The maximum atomic E-state index is 12.4. The van der Waals surface area contributed by atoms with E-state index in [-0.39, 0.29) is 21.1 Å². The van der Waals surface area contributed by atoms with Crippen LogP contribution in [0, 0.1) is 10.4 Å². The summed E-state index contributed by atoms with van der Waals surface area (Å²) in [7, 11) is -4.23. The molecule has 1 aromatic heterocycles. The van der Waals surface area contributed by atoms with Crippen LogP contribution in [0.4, 0.5) is 19.4 Å². The summed E-state index contributed by atoms with van der Waals surface area (Å²) in [6.07, 6.45) is 1.01. The van der Waals surface area contributed by atoms with Crippen LogP contribution >= 0.6 is 12.2 Å². The molecule has 33 heavy (non-hydrogen) atoms. The number of aliphatic hydroxyl groups is 1. The molecule has 13 heteroatoms. The Balaban J connectivity index is 2.17. The van der Waals surface area contributed by atoms with Gasteiger partial charge in [0, 0.05) is 6.20 Å². The van der Waals surface area contributed by atoms with Gasteiger partial charge < -0.3 is 25.5 Å². The van der Waals surface area contributed by atoms with Crippen molar-refractivity contribution in [1.29, 1.82) is 0 Å². The first-order valence-corrected chi connectivity index (χ1v) is 12.6. The Morgan fingerprint density at radius 1 is 1.30 bits per heavy atom. The van der Waals surface area contributed by atoms with Gasteiger partial charge in [0.1, 0.15) is 22.5 Å². The van der Waals surface area contributed by atoms with Crippen LogP contribution in [0.25, 0.3) is 0 Å². The molecule has 188 valence electrons. The fourth-order valence-corrected chi connectivity index (χ4v) is 5.19. The number of H-pyrrole nitrogens is 1. The third-order valence-electron chi connectivity index (χ3n) is 5.08. The Bertz CT molecular complexity index is 960. The fraction of sp³-hybridized carbons (Fsp3) is 0.700. The molecule has 1 fully saturated rings. The first kappa shape index (κ1) is 27.4. The number of carbonyl (C=O) groups excluding carboxylic acids is 1. The molecule has 2 rings (SSSR count). The Hall–Kier alpha value is -1.83. The quantitative estimate of drug-likeness (QED) is 0.254. The average molecular weight is 511 g/mol. The molecule has 1 amide bonds. The molecule has 9 nitrogen and oxygen atoms in total. The number of aromatic amines is 1. The molecule has 0 spiro atoms. The number of carbonyl (C=O) groups is 1. The predicted octanol–water partition coefficient (Wildman–Crippen LogP) is 3.49. The first-order chi connectivity index (χ1) is 15.3. The second kappa shape index (κ2) is 11.5. The van der Waals surface area contributed by atoms with Crippen LogP contribution in [0.15, 0.2) is 17.2 Å². The van der Waals surface area contributed by atoms with Crippen molar-refractivity contribution in [3.63, 3.8) is 0 Å². The molecule has 5 N–H and O–H groups in total. The van der Waals surface area contributed by atoms with Gasteiger partial charge in [0.2, 0.25) is 10.0 Å².